The summed E-state index contributed by atoms with van der Waals surface area (Å²) in [5.41, 5.74) is -0.690. The Morgan fingerprint density at radius 3 is 2.43 bits per heavy atom. The van der Waals surface area contributed by atoms with Crippen molar-refractivity contribution in [1.29, 1.82) is 0 Å². The number of benzene rings is 1. The van der Waals surface area contributed by atoms with Crippen LogP contribution in [0.5, 0.6) is 0 Å². The first-order valence-corrected chi connectivity index (χ1v) is 4.00. The molecule has 0 saturated carbocycles. The molecule has 0 heterocycles. The average molecular weight is 197 g/mol. The SMILES string of the molecule is [CH2]CC#Cc1ccccc1C(F)(F)F. The van der Waals surface area contributed by atoms with E-state index < -0.39 is 11.7 Å². The third-order valence-corrected chi connectivity index (χ3v) is 1.58. The summed E-state index contributed by atoms with van der Waals surface area (Å²) in [6.07, 6.45) is -4.04. The van der Waals surface area contributed by atoms with E-state index in [1.165, 1.54) is 18.2 Å². The van der Waals surface area contributed by atoms with Crippen LogP contribution in [0.2, 0.25) is 0 Å². The molecule has 73 valence electrons. The van der Waals surface area contributed by atoms with E-state index in [1.807, 2.05) is 0 Å². The molecule has 14 heavy (non-hydrogen) atoms. The highest BCUT2D eigenvalue weighted by molar-refractivity contribution is 5.42. The zero-order valence-electron chi connectivity index (χ0n) is 7.36. The van der Waals surface area contributed by atoms with Crippen LogP contribution < -0.4 is 0 Å². The van der Waals surface area contributed by atoms with Crippen molar-refractivity contribution in [3.8, 4) is 11.8 Å². The Morgan fingerprint density at radius 1 is 1.21 bits per heavy atom. The topological polar surface area (TPSA) is 0 Å². The maximum Gasteiger partial charge on any atom is 0.417 e. The minimum Gasteiger partial charge on any atom is -0.166 e. The van der Waals surface area contributed by atoms with Gasteiger partial charge in [-0.05, 0) is 19.1 Å². The molecular weight excluding hydrogens is 189 g/mol. The molecule has 0 unspecified atom stereocenters. The summed E-state index contributed by atoms with van der Waals surface area (Å²) < 4.78 is 37.2. The van der Waals surface area contributed by atoms with Crippen LogP contribution in [0.1, 0.15) is 17.5 Å². The lowest BCUT2D eigenvalue weighted by molar-refractivity contribution is -0.137. The quantitative estimate of drug-likeness (QED) is 0.560. The highest BCUT2D eigenvalue weighted by atomic mass is 19.4. The molecule has 0 atom stereocenters. The van der Waals surface area contributed by atoms with Gasteiger partial charge in [-0.15, -0.1) is 0 Å². The van der Waals surface area contributed by atoms with Gasteiger partial charge in [0.1, 0.15) is 0 Å². The van der Waals surface area contributed by atoms with Crippen molar-refractivity contribution in [2.75, 3.05) is 0 Å². The van der Waals surface area contributed by atoms with Gasteiger partial charge in [-0.3, -0.25) is 0 Å². The lowest BCUT2D eigenvalue weighted by Crippen LogP contribution is -2.07. The zero-order valence-corrected chi connectivity index (χ0v) is 7.36. The fraction of sp³-hybridized carbons (Fsp3) is 0.182. The van der Waals surface area contributed by atoms with Crippen molar-refractivity contribution >= 4 is 0 Å². The monoisotopic (exact) mass is 197 g/mol. The van der Waals surface area contributed by atoms with E-state index in [2.05, 4.69) is 18.8 Å². The summed E-state index contributed by atoms with van der Waals surface area (Å²) in [6, 6.07) is 5.25. The van der Waals surface area contributed by atoms with Crippen LogP contribution in [0.25, 0.3) is 0 Å². The molecule has 0 N–H and O–H groups in total. The third-order valence-electron chi connectivity index (χ3n) is 1.58. The van der Waals surface area contributed by atoms with Gasteiger partial charge in [-0.1, -0.05) is 24.0 Å². The summed E-state index contributed by atoms with van der Waals surface area (Å²) in [7, 11) is 0. The molecule has 0 amide bonds. The molecule has 1 aromatic carbocycles. The van der Waals surface area contributed by atoms with Gasteiger partial charge in [-0.25, -0.2) is 0 Å². The molecule has 0 aliphatic rings. The standard InChI is InChI=1S/C11H8F3/c1-2-3-6-9-7-4-5-8-10(9)11(12,13)14/h4-5,7-8H,1-2H2. The molecule has 0 nitrogen and oxygen atoms in total. The molecule has 1 radical (unpaired) electrons. The van der Waals surface area contributed by atoms with Crippen LogP contribution >= 0.6 is 0 Å². The Kier molecular flexibility index (Phi) is 3.19. The molecule has 0 aromatic heterocycles. The first-order chi connectivity index (χ1) is 6.55. The molecule has 0 bridgehead atoms. The molecule has 0 aliphatic heterocycles. The summed E-state index contributed by atoms with van der Waals surface area (Å²) in [5, 5.41) is 0. The van der Waals surface area contributed by atoms with Crippen molar-refractivity contribution < 1.29 is 13.2 Å². The van der Waals surface area contributed by atoms with Crippen molar-refractivity contribution in [1.82, 2.24) is 0 Å². The normalized spacial score (nSPS) is 10.6. The predicted octanol–water partition coefficient (Wildman–Crippen LogP) is 3.28. The average Bonchev–Trinajstić information content (AvgIpc) is 2.14. The number of rotatable bonds is 0. The second-order valence-corrected chi connectivity index (χ2v) is 2.60. The Morgan fingerprint density at radius 2 is 1.86 bits per heavy atom. The van der Waals surface area contributed by atoms with E-state index >= 15 is 0 Å². The second kappa shape index (κ2) is 4.19. The molecular formula is C11H8F3. The van der Waals surface area contributed by atoms with Crippen LogP contribution in [-0.2, 0) is 6.18 Å². The van der Waals surface area contributed by atoms with E-state index in [0.717, 1.165) is 6.07 Å². The van der Waals surface area contributed by atoms with Crippen LogP contribution in [0.3, 0.4) is 0 Å². The molecule has 0 aliphatic carbocycles. The smallest absolute Gasteiger partial charge is 0.166 e. The number of halogens is 3. The maximum atomic E-state index is 12.4. The predicted molar refractivity (Wildman–Crippen MR) is 48.3 cm³/mol. The Bertz CT molecular complexity index is 366. The summed E-state index contributed by atoms with van der Waals surface area (Å²) in [4.78, 5) is 0. The zero-order chi connectivity index (χ0) is 10.6. The van der Waals surface area contributed by atoms with Crippen molar-refractivity contribution in [2.24, 2.45) is 0 Å². The van der Waals surface area contributed by atoms with E-state index in [9.17, 15) is 13.2 Å². The van der Waals surface area contributed by atoms with Crippen molar-refractivity contribution in [3.63, 3.8) is 0 Å². The number of hydrogen-bond acceptors (Lipinski definition) is 0. The first kappa shape index (κ1) is 10.6. The van der Waals surface area contributed by atoms with Gasteiger partial charge in [0.05, 0.1) is 5.56 Å². The van der Waals surface area contributed by atoms with Gasteiger partial charge < -0.3 is 0 Å². The van der Waals surface area contributed by atoms with E-state index in [4.69, 9.17) is 0 Å². The van der Waals surface area contributed by atoms with Gasteiger partial charge in [0.15, 0.2) is 0 Å². The maximum absolute atomic E-state index is 12.4. The minimum absolute atomic E-state index is 0.00338. The van der Waals surface area contributed by atoms with Gasteiger partial charge in [0.25, 0.3) is 0 Å². The number of alkyl halides is 3. The summed E-state index contributed by atoms with van der Waals surface area (Å²) in [5.74, 6) is 4.95. The second-order valence-electron chi connectivity index (χ2n) is 2.60. The lowest BCUT2D eigenvalue weighted by atomic mass is 10.1. The Hall–Kier alpha value is -1.43. The van der Waals surface area contributed by atoms with Gasteiger partial charge >= 0.3 is 6.18 Å². The van der Waals surface area contributed by atoms with E-state index in [-0.39, 0.29) is 5.56 Å². The van der Waals surface area contributed by atoms with Gasteiger partial charge in [-0.2, -0.15) is 13.2 Å². The molecule has 0 spiro atoms. The van der Waals surface area contributed by atoms with Crippen LogP contribution in [0, 0.1) is 18.8 Å². The fourth-order valence-electron chi connectivity index (χ4n) is 0.997. The van der Waals surface area contributed by atoms with E-state index in [0.29, 0.717) is 6.42 Å². The minimum atomic E-state index is -4.34. The lowest BCUT2D eigenvalue weighted by Gasteiger charge is -2.07. The fourth-order valence-corrected chi connectivity index (χ4v) is 0.997. The highest BCUT2D eigenvalue weighted by Crippen LogP contribution is 2.31. The van der Waals surface area contributed by atoms with E-state index in [1.54, 1.807) is 0 Å². The first-order valence-electron chi connectivity index (χ1n) is 4.00. The summed E-state index contributed by atoms with van der Waals surface area (Å²) >= 11 is 0. The number of hydrogen-bond donors (Lipinski definition) is 0. The Labute approximate surface area is 80.8 Å². The third kappa shape index (κ3) is 2.53. The van der Waals surface area contributed by atoms with Crippen LogP contribution in [0.4, 0.5) is 13.2 Å². The van der Waals surface area contributed by atoms with Crippen molar-refractivity contribution in [3.05, 3.63) is 42.3 Å². The van der Waals surface area contributed by atoms with Crippen LogP contribution in [-0.4, -0.2) is 0 Å². The largest absolute Gasteiger partial charge is 0.417 e. The summed E-state index contributed by atoms with van der Waals surface area (Å²) in [6.45, 7) is 3.44. The molecule has 3 heteroatoms. The molecule has 1 rings (SSSR count). The van der Waals surface area contributed by atoms with Crippen molar-refractivity contribution in [2.45, 2.75) is 12.6 Å². The molecule has 0 saturated heterocycles. The highest BCUT2D eigenvalue weighted by Gasteiger charge is 2.32. The van der Waals surface area contributed by atoms with Gasteiger partial charge in [0.2, 0.25) is 0 Å². The van der Waals surface area contributed by atoms with Gasteiger partial charge in [0, 0.05) is 12.0 Å². The Balaban J connectivity index is 3.16. The van der Waals surface area contributed by atoms with Crippen LogP contribution in [0.15, 0.2) is 24.3 Å². The molecule has 0 fully saturated rings. The molecule has 1 aromatic rings.